The van der Waals surface area contributed by atoms with Crippen molar-refractivity contribution in [3.8, 4) is 0 Å². The Kier molecular flexibility index (Phi) is 7.91. The number of hydrogen-bond acceptors (Lipinski definition) is 5. The van der Waals surface area contributed by atoms with Crippen molar-refractivity contribution < 1.29 is 36.0 Å². The highest BCUT2D eigenvalue weighted by Gasteiger charge is 2.67. The first kappa shape index (κ1) is 25.4. The average Bonchev–Trinajstić information content (AvgIpc) is 3.45. The quantitative estimate of drug-likeness (QED) is 0.107. The Balaban J connectivity index is 3.56. The minimum Gasteiger partial charge on any atom is -0.390 e. The van der Waals surface area contributed by atoms with Gasteiger partial charge in [0.25, 0.3) is 0 Å². The lowest BCUT2D eigenvalue weighted by molar-refractivity contribution is -0.363. The summed E-state index contributed by atoms with van der Waals surface area (Å²) in [4.78, 5) is 13.8. The van der Waals surface area contributed by atoms with Gasteiger partial charge in [-0.3, -0.25) is 9.09 Å². The van der Waals surface area contributed by atoms with Crippen molar-refractivity contribution in [2.45, 2.75) is 32.1 Å². The SMILES string of the molecule is C/C=C(/C(OP(=O)(N(C)CC)N1CC1)C(F)(F)C(F)(F)F)N(C)/C(=N\C)[N+](=O)[O-]. The maximum absolute atomic E-state index is 14.5. The van der Waals surface area contributed by atoms with Crippen LogP contribution in [0.25, 0.3) is 0 Å². The molecule has 0 aliphatic carbocycles. The maximum Gasteiger partial charge on any atom is 0.456 e. The van der Waals surface area contributed by atoms with Gasteiger partial charge in [-0.1, -0.05) is 6.92 Å². The van der Waals surface area contributed by atoms with Gasteiger partial charge in [-0.2, -0.15) is 22.0 Å². The molecule has 1 saturated heterocycles. The molecule has 0 amide bonds. The topological polar surface area (TPSA) is 91.3 Å². The Hall–Kier alpha value is -1.63. The van der Waals surface area contributed by atoms with E-state index in [1.807, 2.05) is 0 Å². The third-order valence-corrected chi connectivity index (χ3v) is 6.98. The van der Waals surface area contributed by atoms with Crippen LogP contribution in [-0.2, 0) is 9.09 Å². The molecule has 0 spiro atoms. The molecule has 0 aromatic carbocycles. The second-order valence-electron chi connectivity index (χ2n) is 6.08. The molecule has 15 heteroatoms. The molecular formula is C14H23F5N5O4P. The Bertz CT molecular complexity index is 726. The highest BCUT2D eigenvalue weighted by molar-refractivity contribution is 7.54. The number of aliphatic imine (C=N–C) groups is 1. The molecule has 29 heavy (non-hydrogen) atoms. The van der Waals surface area contributed by atoms with Gasteiger partial charge in [-0.25, -0.2) is 14.2 Å². The van der Waals surface area contributed by atoms with Gasteiger partial charge in [0.05, 0.1) is 14.1 Å². The molecule has 0 saturated carbocycles. The molecule has 0 N–H and O–H groups in total. The van der Waals surface area contributed by atoms with Crippen molar-refractivity contribution >= 4 is 13.6 Å². The van der Waals surface area contributed by atoms with Gasteiger partial charge >= 0.3 is 25.7 Å². The van der Waals surface area contributed by atoms with Gasteiger partial charge in [0.15, 0.2) is 6.10 Å². The number of likely N-dealkylation sites (N-methyl/N-ethyl adjacent to an activating group) is 1. The molecule has 1 fully saturated rings. The summed E-state index contributed by atoms with van der Waals surface area (Å²) in [5.74, 6) is -6.49. The van der Waals surface area contributed by atoms with Crippen LogP contribution in [0.2, 0.25) is 0 Å². The zero-order valence-electron chi connectivity index (χ0n) is 16.5. The predicted octanol–water partition coefficient (Wildman–Crippen LogP) is 3.04. The molecule has 2 atom stereocenters. The summed E-state index contributed by atoms with van der Waals surface area (Å²) < 4.78 is 88.9. The maximum atomic E-state index is 14.5. The first-order chi connectivity index (χ1) is 13.2. The number of allylic oxidation sites excluding steroid dienone is 1. The average molecular weight is 451 g/mol. The van der Waals surface area contributed by atoms with E-state index in [-0.39, 0.29) is 19.6 Å². The molecule has 0 aromatic rings. The molecule has 0 radical (unpaired) electrons. The van der Waals surface area contributed by atoms with E-state index in [9.17, 15) is 36.6 Å². The van der Waals surface area contributed by atoms with Crippen LogP contribution in [0.3, 0.4) is 0 Å². The Morgan fingerprint density at radius 2 is 1.86 bits per heavy atom. The van der Waals surface area contributed by atoms with Crippen molar-refractivity contribution in [1.82, 2.24) is 14.2 Å². The first-order valence-corrected chi connectivity index (χ1v) is 9.93. The number of hydrogen-bond donors (Lipinski definition) is 0. The Labute approximate surface area is 164 Å². The standard InChI is InChI=1S/C14H23F5N5O4P/c1-6-10(22(5)12(20-3)24(25)26)11(13(15,16)14(17,18)19)28-29(27,21(4)7-2)23-8-9-23/h6,11H,7-9H2,1-5H3/b10-6-,20-12+. The summed E-state index contributed by atoms with van der Waals surface area (Å²) in [6, 6.07) is 0. The molecule has 2 unspecified atom stereocenters. The van der Waals surface area contributed by atoms with Crippen LogP contribution in [0.4, 0.5) is 22.0 Å². The number of halogens is 5. The number of nitrogens with zero attached hydrogens (tertiary/aromatic N) is 5. The van der Waals surface area contributed by atoms with Crippen molar-refractivity contribution in [3.05, 3.63) is 21.9 Å². The fourth-order valence-corrected chi connectivity index (χ4v) is 4.62. The Morgan fingerprint density at radius 1 is 1.34 bits per heavy atom. The van der Waals surface area contributed by atoms with Crippen molar-refractivity contribution in [3.63, 3.8) is 0 Å². The van der Waals surface area contributed by atoms with Crippen molar-refractivity contribution in [2.24, 2.45) is 4.99 Å². The normalized spacial score (nSPS) is 19.8. The highest BCUT2D eigenvalue weighted by atomic mass is 31.2. The fourth-order valence-electron chi connectivity index (χ4n) is 2.42. The smallest absolute Gasteiger partial charge is 0.390 e. The van der Waals surface area contributed by atoms with E-state index in [4.69, 9.17) is 4.52 Å². The fraction of sp³-hybridized carbons (Fsp3) is 0.786. The van der Waals surface area contributed by atoms with E-state index in [1.54, 1.807) is 0 Å². The van der Waals surface area contributed by atoms with Gasteiger partial charge in [-0.15, -0.1) is 4.99 Å². The van der Waals surface area contributed by atoms with Crippen molar-refractivity contribution in [2.75, 3.05) is 40.8 Å². The molecule has 168 valence electrons. The van der Waals surface area contributed by atoms with E-state index in [2.05, 4.69) is 4.99 Å². The summed E-state index contributed by atoms with van der Waals surface area (Å²) in [7, 11) is -1.12. The van der Waals surface area contributed by atoms with Gasteiger partial charge in [0, 0.05) is 19.6 Å². The lowest BCUT2D eigenvalue weighted by atomic mass is 10.1. The Morgan fingerprint density at radius 3 is 2.17 bits per heavy atom. The van der Waals surface area contributed by atoms with Crippen LogP contribution in [0.1, 0.15) is 13.8 Å². The third kappa shape index (κ3) is 5.11. The number of rotatable bonds is 8. The van der Waals surface area contributed by atoms with E-state index < -0.39 is 42.5 Å². The van der Waals surface area contributed by atoms with Gasteiger partial charge in [-0.05, 0) is 25.0 Å². The molecule has 0 bridgehead atoms. The number of alkyl halides is 5. The van der Waals surface area contributed by atoms with Crippen molar-refractivity contribution in [1.29, 1.82) is 0 Å². The molecule has 1 heterocycles. The monoisotopic (exact) mass is 451 g/mol. The first-order valence-electron chi connectivity index (χ1n) is 8.40. The largest absolute Gasteiger partial charge is 0.456 e. The zero-order valence-corrected chi connectivity index (χ0v) is 17.4. The van der Waals surface area contributed by atoms with Crippen LogP contribution < -0.4 is 0 Å². The summed E-state index contributed by atoms with van der Waals surface area (Å²) in [6.07, 6.45) is -8.38. The summed E-state index contributed by atoms with van der Waals surface area (Å²) >= 11 is 0. The van der Waals surface area contributed by atoms with Gasteiger partial charge in [0.1, 0.15) is 5.70 Å². The van der Waals surface area contributed by atoms with Gasteiger partial charge < -0.3 is 10.1 Å². The zero-order chi connectivity index (χ0) is 22.8. The summed E-state index contributed by atoms with van der Waals surface area (Å²) in [6.45, 7) is 3.03. The minimum absolute atomic E-state index is 0.0374. The van der Waals surface area contributed by atoms with Crippen LogP contribution in [0.15, 0.2) is 16.8 Å². The lowest BCUT2D eigenvalue weighted by Crippen LogP contribution is -2.53. The number of guanidine groups is 1. The van der Waals surface area contributed by atoms with Crippen LogP contribution in [0.5, 0.6) is 0 Å². The molecular weight excluding hydrogens is 428 g/mol. The second-order valence-corrected chi connectivity index (χ2v) is 8.52. The lowest BCUT2D eigenvalue weighted by Gasteiger charge is -2.36. The van der Waals surface area contributed by atoms with Crippen LogP contribution >= 0.6 is 7.67 Å². The van der Waals surface area contributed by atoms with Gasteiger partial charge in [0.2, 0.25) is 0 Å². The molecule has 1 rings (SSSR count). The molecule has 1 aliphatic heterocycles. The highest BCUT2D eigenvalue weighted by Crippen LogP contribution is 2.60. The molecule has 0 aromatic heterocycles. The predicted molar refractivity (Wildman–Crippen MR) is 95.2 cm³/mol. The second kappa shape index (κ2) is 9.02. The minimum atomic E-state index is -6.07. The number of nitro groups is 1. The van der Waals surface area contributed by atoms with Crippen LogP contribution in [0, 0.1) is 10.1 Å². The third-order valence-electron chi connectivity index (χ3n) is 4.24. The van der Waals surface area contributed by atoms with E-state index in [0.717, 1.165) is 36.4 Å². The molecule has 1 aliphatic rings. The summed E-state index contributed by atoms with van der Waals surface area (Å²) in [5, 5.41) is 11.1. The van der Waals surface area contributed by atoms with E-state index in [1.165, 1.54) is 14.0 Å². The molecule has 9 nitrogen and oxygen atoms in total. The van der Waals surface area contributed by atoms with E-state index in [0.29, 0.717) is 4.90 Å². The van der Waals surface area contributed by atoms with E-state index >= 15 is 0 Å². The van der Waals surface area contributed by atoms with Crippen LogP contribution in [-0.4, -0.2) is 84.1 Å². The summed E-state index contributed by atoms with van der Waals surface area (Å²) in [5.41, 5.74) is -0.906.